The summed E-state index contributed by atoms with van der Waals surface area (Å²) in [5.74, 6) is -2.54. The molecule has 0 aromatic heterocycles. The minimum absolute atomic E-state index is 0.0532. The van der Waals surface area contributed by atoms with Gasteiger partial charge in [-0.05, 0) is 18.2 Å². The molecule has 0 saturated carbocycles. The van der Waals surface area contributed by atoms with Crippen molar-refractivity contribution in [2.75, 3.05) is 0 Å². The van der Waals surface area contributed by atoms with Gasteiger partial charge in [0.25, 0.3) is 0 Å². The van der Waals surface area contributed by atoms with Crippen LogP contribution in [0.3, 0.4) is 0 Å². The lowest BCUT2D eigenvalue weighted by Crippen LogP contribution is -2.04. The molecule has 2 N–H and O–H groups in total. The van der Waals surface area contributed by atoms with Gasteiger partial charge in [0.1, 0.15) is 6.07 Å². The third-order valence-corrected chi connectivity index (χ3v) is 1.62. The van der Waals surface area contributed by atoms with Crippen molar-refractivity contribution in [3.63, 3.8) is 0 Å². The van der Waals surface area contributed by atoms with Crippen molar-refractivity contribution in [3.8, 4) is 6.07 Å². The van der Waals surface area contributed by atoms with E-state index in [1.807, 2.05) is 0 Å². The van der Waals surface area contributed by atoms with Crippen LogP contribution in [0.25, 0.3) is 0 Å². The summed E-state index contributed by atoms with van der Waals surface area (Å²) in [4.78, 5) is 21.1. The van der Waals surface area contributed by atoms with Gasteiger partial charge < -0.3 is 10.2 Å². The molecule has 0 aliphatic carbocycles. The minimum atomic E-state index is -1.32. The van der Waals surface area contributed by atoms with E-state index in [1.54, 1.807) is 6.07 Å². The predicted octanol–water partition coefficient (Wildman–Crippen LogP) is 0.955. The molecule has 0 amide bonds. The topological polar surface area (TPSA) is 98.4 Å². The summed E-state index contributed by atoms with van der Waals surface area (Å²) in [6.45, 7) is 0. The molecule has 1 aromatic rings. The van der Waals surface area contributed by atoms with Gasteiger partial charge in [-0.3, -0.25) is 0 Å². The number of rotatable bonds is 2. The number of hydrogen-bond acceptors (Lipinski definition) is 3. The van der Waals surface area contributed by atoms with E-state index in [4.69, 9.17) is 15.5 Å². The summed E-state index contributed by atoms with van der Waals surface area (Å²) in [6.07, 6.45) is 0. The lowest BCUT2D eigenvalue weighted by atomic mass is 10.1. The normalized spacial score (nSPS) is 9.07. The van der Waals surface area contributed by atoms with E-state index >= 15 is 0 Å². The zero-order chi connectivity index (χ0) is 10.7. The van der Waals surface area contributed by atoms with Gasteiger partial charge in [-0.1, -0.05) is 0 Å². The summed E-state index contributed by atoms with van der Waals surface area (Å²) >= 11 is 0. The van der Waals surface area contributed by atoms with Gasteiger partial charge in [-0.25, -0.2) is 9.59 Å². The van der Waals surface area contributed by atoms with Crippen molar-refractivity contribution < 1.29 is 19.8 Å². The van der Waals surface area contributed by atoms with E-state index in [-0.39, 0.29) is 16.7 Å². The van der Waals surface area contributed by atoms with Crippen molar-refractivity contribution in [2.24, 2.45) is 0 Å². The molecule has 14 heavy (non-hydrogen) atoms. The van der Waals surface area contributed by atoms with Crippen LogP contribution in [0, 0.1) is 11.3 Å². The van der Waals surface area contributed by atoms with E-state index < -0.39 is 11.9 Å². The molecule has 0 aliphatic heterocycles. The number of carboxylic acid groups (broad SMARTS) is 2. The van der Waals surface area contributed by atoms with Crippen LogP contribution in [-0.4, -0.2) is 22.2 Å². The Morgan fingerprint density at radius 3 is 2.29 bits per heavy atom. The second-order valence-corrected chi connectivity index (χ2v) is 2.48. The first kappa shape index (κ1) is 9.74. The van der Waals surface area contributed by atoms with Gasteiger partial charge in [0, 0.05) is 0 Å². The average Bonchev–Trinajstić information content (AvgIpc) is 2.16. The first-order chi connectivity index (χ1) is 6.56. The second kappa shape index (κ2) is 3.58. The molecule has 1 rings (SSSR count). The van der Waals surface area contributed by atoms with E-state index in [0.29, 0.717) is 0 Å². The summed E-state index contributed by atoms with van der Waals surface area (Å²) in [5, 5.41) is 25.8. The molecule has 0 saturated heterocycles. The molecule has 0 unspecified atom stereocenters. The largest absolute Gasteiger partial charge is 0.478 e. The maximum atomic E-state index is 10.6. The Balaban J connectivity index is 3.37. The van der Waals surface area contributed by atoms with Crippen molar-refractivity contribution in [1.82, 2.24) is 0 Å². The minimum Gasteiger partial charge on any atom is -0.478 e. The third-order valence-electron chi connectivity index (χ3n) is 1.62. The van der Waals surface area contributed by atoms with Crippen LogP contribution in [0.1, 0.15) is 26.3 Å². The smallest absolute Gasteiger partial charge is 0.337 e. The third kappa shape index (κ3) is 1.69. The summed E-state index contributed by atoms with van der Waals surface area (Å²) in [5.41, 5.74) is -0.503. The van der Waals surface area contributed by atoms with Gasteiger partial charge in [0.15, 0.2) is 0 Å². The molecule has 1 aromatic carbocycles. The summed E-state index contributed by atoms with van der Waals surface area (Å²) < 4.78 is 0. The number of carbonyl (C=O) groups is 2. The molecule has 0 spiro atoms. The van der Waals surface area contributed by atoms with Crippen LogP contribution in [0.4, 0.5) is 0 Å². The fourth-order valence-electron chi connectivity index (χ4n) is 0.952. The SMILES string of the molecule is N#Cc1ccc(C(=O)O)cc1C(=O)O. The fraction of sp³-hybridized carbons (Fsp3) is 0. The zero-order valence-corrected chi connectivity index (χ0v) is 6.89. The molecule has 5 nitrogen and oxygen atoms in total. The first-order valence-corrected chi connectivity index (χ1v) is 3.57. The highest BCUT2D eigenvalue weighted by Gasteiger charge is 2.13. The average molecular weight is 191 g/mol. The number of carboxylic acids is 2. The standard InChI is InChI=1S/C9H5NO4/c10-4-6-2-1-5(8(11)12)3-7(6)9(13)14/h1-3H,(H,11,12)(H,13,14). The van der Waals surface area contributed by atoms with Crippen molar-refractivity contribution in [3.05, 3.63) is 34.9 Å². The number of nitrogens with zero attached hydrogens (tertiary/aromatic N) is 1. The molecule has 0 aliphatic rings. The highest BCUT2D eigenvalue weighted by Crippen LogP contribution is 2.11. The van der Waals surface area contributed by atoms with Gasteiger partial charge in [-0.2, -0.15) is 5.26 Å². The van der Waals surface area contributed by atoms with Crippen LogP contribution in [0.5, 0.6) is 0 Å². The van der Waals surface area contributed by atoms with Gasteiger partial charge in [0.2, 0.25) is 0 Å². The molecular weight excluding hydrogens is 186 g/mol. The van der Waals surface area contributed by atoms with Crippen LogP contribution < -0.4 is 0 Å². The maximum absolute atomic E-state index is 10.6. The maximum Gasteiger partial charge on any atom is 0.337 e. The number of benzene rings is 1. The Hall–Kier alpha value is -2.35. The molecule has 0 bridgehead atoms. The monoisotopic (exact) mass is 191 g/mol. The first-order valence-electron chi connectivity index (χ1n) is 3.57. The quantitative estimate of drug-likeness (QED) is 0.725. The van der Waals surface area contributed by atoms with Crippen molar-refractivity contribution in [1.29, 1.82) is 5.26 Å². The van der Waals surface area contributed by atoms with Crippen molar-refractivity contribution >= 4 is 11.9 Å². The molecule has 0 atom stereocenters. The Labute approximate surface area is 78.8 Å². The molecule has 70 valence electrons. The van der Waals surface area contributed by atoms with E-state index in [9.17, 15) is 9.59 Å². The number of hydrogen-bond donors (Lipinski definition) is 2. The Bertz CT molecular complexity index is 445. The Morgan fingerprint density at radius 1 is 1.21 bits per heavy atom. The molecule has 5 heteroatoms. The van der Waals surface area contributed by atoms with E-state index in [2.05, 4.69) is 0 Å². The molecule has 0 heterocycles. The van der Waals surface area contributed by atoms with Crippen molar-refractivity contribution in [2.45, 2.75) is 0 Å². The van der Waals surface area contributed by atoms with Crippen LogP contribution in [0.2, 0.25) is 0 Å². The molecule has 0 radical (unpaired) electrons. The van der Waals surface area contributed by atoms with E-state index in [1.165, 1.54) is 12.1 Å². The summed E-state index contributed by atoms with van der Waals surface area (Å²) in [6, 6.07) is 4.99. The lowest BCUT2D eigenvalue weighted by molar-refractivity contribution is 0.0695. The van der Waals surface area contributed by atoms with Gasteiger partial charge in [-0.15, -0.1) is 0 Å². The zero-order valence-electron chi connectivity index (χ0n) is 6.89. The highest BCUT2D eigenvalue weighted by atomic mass is 16.4. The lowest BCUT2D eigenvalue weighted by Gasteiger charge is -1.99. The number of aromatic carboxylic acids is 2. The van der Waals surface area contributed by atoms with Crippen LogP contribution in [-0.2, 0) is 0 Å². The molecule has 0 fully saturated rings. The van der Waals surface area contributed by atoms with Crippen LogP contribution >= 0.6 is 0 Å². The van der Waals surface area contributed by atoms with Crippen LogP contribution in [0.15, 0.2) is 18.2 Å². The van der Waals surface area contributed by atoms with Gasteiger partial charge >= 0.3 is 11.9 Å². The van der Waals surface area contributed by atoms with Gasteiger partial charge in [0.05, 0.1) is 16.7 Å². The Kier molecular flexibility index (Phi) is 2.49. The Morgan fingerprint density at radius 2 is 1.86 bits per heavy atom. The molecular formula is C9H5NO4. The summed E-state index contributed by atoms with van der Waals surface area (Å²) in [7, 11) is 0. The fourth-order valence-corrected chi connectivity index (χ4v) is 0.952. The van der Waals surface area contributed by atoms with E-state index in [0.717, 1.165) is 6.07 Å². The second-order valence-electron chi connectivity index (χ2n) is 2.48. The predicted molar refractivity (Wildman–Crippen MR) is 45.1 cm³/mol. The number of nitriles is 1. The highest BCUT2D eigenvalue weighted by molar-refractivity contribution is 5.95.